The molecular formula is C36H30N5+. The third-order valence-electron chi connectivity index (χ3n) is 8.45. The summed E-state index contributed by atoms with van der Waals surface area (Å²) in [5, 5.41) is 4.78. The fraction of sp³-hybridized carbons (Fsp3) is 0.111. The van der Waals surface area contributed by atoms with Crippen LogP contribution in [0.1, 0.15) is 17.0 Å². The van der Waals surface area contributed by atoms with Gasteiger partial charge < -0.3 is 0 Å². The molecule has 8 rings (SSSR count). The van der Waals surface area contributed by atoms with Crippen molar-refractivity contribution in [3.63, 3.8) is 0 Å². The molecule has 4 aromatic carbocycles. The summed E-state index contributed by atoms with van der Waals surface area (Å²) in [6, 6.07) is 35.1. The number of hydrogen-bond donors (Lipinski definition) is 0. The molecular weight excluding hydrogens is 502 g/mol. The number of imidazole rings is 1. The molecule has 0 aliphatic carbocycles. The van der Waals surface area contributed by atoms with Crippen LogP contribution in [-0.2, 0) is 7.05 Å². The van der Waals surface area contributed by atoms with Gasteiger partial charge in [0, 0.05) is 40.2 Å². The average Bonchev–Trinajstić information content (AvgIpc) is 3.60. The van der Waals surface area contributed by atoms with E-state index in [0.717, 1.165) is 33.9 Å². The molecule has 5 nitrogen and oxygen atoms in total. The van der Waals surface area contributed by atoms with Crippen LogP contribution >= 0.6 is 0 Å². The van der Waals surface area contributed by atoms with Crippen molar-refractivity contribution < 1.29 is 4.57 Å². The zero-order valence-corrected chi connectivity index (χ0v) is 23.6. The molecule has 0 spiro atoms. The van der Waals surface area contributed by atoms with Crippen LogP contribution in [0.3, 0.4) is 0 Å². The Morgan fingerprint density at radius 1 is 0.561 bits per heavy atom. The fourth-order valence-electron chi connectivity index (χ4n) is 6.29. The number of rotatable bonds is 3. The topological polar surface area (TPSA) is 31.6 Å². The number of aromatic nitrogens is 5. The maximum absolute atomic E-state index is 5.50. The van der Waals surface area contributed by atoms with Crippen molar-refractivity contribution in [1.29, 1.82) is 0 Å². The van der Waals surface area contributed by atoms with Gasteiger partial charge in [-0.05, 0) is 68.4 Å². The SMILES string of the molecule is Cc1ccc2c(c1)c1cc3c4cc(C)ccc4n(-c4cccc(-n5cc[n+](C)c5C)c4)c3nc1n2-c1ccccc1. The van der Waals surface area contributed by atoms with Gasteiger partial charge in [-0.2, -0.15) is 0 Å². The summed E-state index contributed by atoms with van der Waals surface area (Å²) in [4.78, 5) is 5.50. The van der Waals surface area contributed by atoms with Gasteiger partial charge in [-0.25, -0.2) is 14.1 Å². The van der Waals surface area contributed by atoms with Crippen molar-refractivity contribution in [2.45, 2.75) is 20.8 Å². The maximum atomic E-state index is 5.50. The summed E-state index contributed by atoms with van der Waals surface area (Å²) in [5.74, 6) is 1.17. The highest BCUT2D eigenvalue weighted by Crippen LogP contribution is 2.38. The highest BCUT2D eigenvalue weighted by molar-refractivity contribution is 6.16. The summed E-state index contributed by atoms with van der Waals surface area (Å²) in [6.45, 7) is 6.46. The van der Waals surface area contributed by atoms with Crippen LogP contribution < -0.4 is 4.57 Å². The minimum Gasteiger partial charge on any atom is -0.294 e. The molecule has 0 atom stereocenters. The van der Waals surface area contributed by atoms with E-state index < -0.39 is 0 Å². The fourth-order valence-corrected chi connectivity index (χ4v) is 6.29. The van der Waals surface area contributed by atoms with Crippen molar-refractivity contribution >= 4 is 43.9 Å². The molecule has 0 radical (unpaired) electrons. The predicted molar refractivity (Wildman–Crippen MR) is 168 cm³/mol. The monoisotopic (exact) mass is 532 g/mol. The maximum Gasteiger partial charge on any atom is 0.258 e. The van der Waals surface area contributed by atoms with E-state index in [1.165, 1.54) is 44.0 Å². The van der Waals surface area contributed by atoms with E-state index in [4.69, 9.17) is 4.98 Å². The quantitative estimate of drug-likeness (QED) is 0.214. The van der Waals surface area contributed by atoms with E-state index in [9.17, 15) is 0 Å². The van der Waals surface area contributed by atoms with E-state index in [-0.39, 0.29) is 0 Å². The second kappa shape index (κ2) is 8.67. The molecule has 0 bridgehead atoms. The summed E-state index contributed by atoms with van der Waals surface area (Å²) in [6.07, 6.45) is 4.21. The van der Waals surface area contributed by atoms with Crippen molar-refractivity contribution in [3.8, 4) is 17.1 Å². The summed E-state index contributed by atoms with van der Waals surface area (Å²) >= 11 is 0. The van der Waals surface area contributed by atoms with Crippen molar-refractivity contribution in [1.82, 2.24) is 18.7 Å². The Balaban J connectivity index is 1.51. The van der Waals surface area contributed by atoms with Crippen molar-refractivity contribution in [3.05, 3.63) is 126 Å². The lowest BCUT2D eigenvalue weighted by atomic mass is 10.1. The number of nitrogens with zero attached hydrogens (tertiary/aromatic N) is 5. The molecule has 4 aromatic heterocycles. The lowest BCUT2D eigenvalue weighted by Crippen LogP contribution is -2.29. The Bertz CT molecular complexity index is 2300. The van der Waals surface area contributed by atoms with Crippen LogP contribution in [0.15, 0.2) is 109 Å². The molecule has 0 aliphatic heterocycles. The Kier molecular flexibility index (Phi) is 5.01. The van der Waals surface area contributed by atoms with E-state index >= 15 is 0 Å². The van der Waals surface area contributed by atoms with Crippen molar-refractivity contribution in [2.75, 3.05) is 0 Å². The molecule has 0 saturated carbocycles. The molecule has 5 heteroatoms. The van der Waals surface area contributed by atoms with Crippen molar-refractivity contribution in [2.24, 2.45) is 7.05 Å². The van der Waals surface area contributed by atoms with Crippen LogP contribution in [0.25, 0.3) is 60.9 Å². The predicted octanol–water partition coefficient (Wildman–Crippen LogP) is 7.82. The Morgan fingerprint density at radius 2 is 1.15 bits per heavy atom. The lowest BCUT2D eigenvalue weighted by molar-refractivity contribution is -0.677. The van der Waals surface area contributed by atoms with E-state index in [2.05, 4.69) is 156 Å². The van der Waals surface area contributed by atoms with E-state index in [1.54, 1.807) is 0 Å². The number of hydrogen-bond acceptors (Lipinski definition) is 1. The van der Waals surface area contributed by atoms with Crippen LogP contribution in [-0.4, -0.2) is 18.7 Å². The molecule has 198 valence electrons. The van der Waals surface area contributed by atoms with E-state index in [0.29, 0.717) is 0 Å². The summed E-state index contributed by atoms with van der Waals surface area (Å²) in [5.41, 5.74) is 10.1. The van der Waals surface area contributed by atoms with Gasteiger partial charge in [0.2, 0.25) is 0 Å². The molecule has 0 saturated heterocycles. The zero-order chi connectivity index (χ0) is 27.8. The third-order valence-corrected chi connectivity index (χ3v) is 8.45. The van der Waals surface area contributed by atoms with Crippen LogP contribution in [0, 0.1) is 20.8 Å². The first-order valence-corrected chi connectivity index (χ1v) is 14.0. The Labute approximate surface area is 238 Å². The minimum absolute atomic E-state index is 0.960. The first-order valence-electron chi connectivity index (χ1n) is 14.0. The number of benzene rings is 4. The van der Waals surface area contributed by atoms with Gasteiger partial charge >= 0.3 is 0 Å². The van der Waals surface area contributed by atoms with Gasteiger partial charge in [-0.3, -0.25) is 9.13 Å². The molecule has 0 unspecified atom stereocenters. The zero-order valence-electron chi connectivity index (χ0n) is 23.6. The smallest absolute Gasteiger partial charge is 0.258 e. The molecule has 0 amide bonds. The molecule has 41 heavy (non-hydrogen) atoms. The second-order valence-corrected chi connectivity index (χ2v) is 11.1. The lowest BCUT2D eigenvalue weighted by Gasteiger charge is -2.10. The number of fused-ring (bicyclic) bond motifs is 6. The van der Waals surface area contributed by atoms with Gasteiger partial charge in [0.05, 0.1) is 23.8 Å². The highest BCUT2D eigenvalue weighted by Gasteiger charge is 2.21. The minimum atomic E-state index is 0.960. The van der Waals surface area contributed by atoms with Crippen LogP contribution in [0.4, 0.5) is 0 Å². The normalized spacial score (nSPS) is 11.9. The first-order chi connectivity index (χ1) is 20.0. The van der Waals surface area contributed by atoms with Gasteiger partial charge in [-0.15, -0.1) is 0 Å². The summed E-state index contributed by atoms with van der Waals surface area (Å²) in [7, 11) is 2.08. The van der Waals surface area contributed by atoms with Gasteiger partial charge in [0.15, 0.2) is 0 Å². The highest BCUT2D eigenvalue weighted by atomic mass is 15.1. The third kappa shape index (κ3) is 3.48. The number of pyridine rings is 1. The second-order valence-electron chi connectivity index (χ2n) is 11.1. The molecule has 4 heterocycles. The first kappa shape index (κ1) is 23.7. The van der Waals surface area contributed by atoms with Gasteiger partial charge in [0.25, 0.3) is 5.82 Å². The number of aryl methyl sites for hydroxylation is 3. The molecule has 0 N–H and O–H groups in total. The van der Waals surface area contributed by atoms with Gasteiger partial charge in [-0.1, -0.05) is 47.5 Å². The largest absolute Gasteiger partial charge is 0.294 e. The standard InChI is InChI=1S/C36H30N5/c1-23-13-15-33-29(19-23)31-22-32-30-20-24(2)14-16-34(30)41(36(32)37-35(31)40(33)26-9-6-5-7-10-26)28-12-8-11-27(21-28)39-18-17-38(4)25(39)3/h5-22H,1-4H3/q+1. The van der Waals surface area contributed by atoms with Crippen LogP contribution in [0.5, 0.6) is 0 Å². The molecule has 0 fully saturated rings. The van der Waals surface area contributed by atoms with E-state index in [1.807, 2.05) is 0 Å². The van der Waals surface area contributed by atoms with Crippen LogP contribution in [0.2, 0.25) is 0 Å². The molecule has 8 aromatic rings. The Morgan fingerprint density at radius 3 is 1.76 bits per heavy atom. The van der Waals surface area contributed by atoms with Gasteiger partial charge in [0.1, 0.15) is 29.4 Å². The average molecular weight is 533 g/mol. The number of para-hydroxylation sites is 1. The molecule has 0 aliphatic rings. The Hall–Kier alpha value is -5.16. The summed E-state index contributed by atoms with van der Waals surface area (Å²) < 4.78 is 8.99.